The van der Waals surface area contributed by atoms with Gasteiger partial charge < -0.3 is 29.9 Å². The first kappa shape index (κ1) is 58.6. The molecule has 0 heterocycles. The van der Waals surface area contributed by atoms with Crippen molar-refractivity contribution in [3.8, 4) is 6.19 Å². The monoisotopic (exact) mass is 861 g/mol. The molecule has 0 aromatic carbocycles. The fraction of sp³-hybridized carbons (Fsp3) is 0.922. The third kappa shape index (κ3) is 44.0. The molecule has 0 unspecified atom stereocenters. The van der Waals surface area contributed by atoms with Gasteiger partial charge in [0.2, 0.25) is 12.2 Å². The lowest BCUT2D eigenvalue weighted by molar-refractivity contribution is -0.150. The summed E-state index contributed by atoms with van der Waals surface area (Å²) >= 11 is 0. The van der Waals surface area contributed by atoms with Gasteiger partial charge in [-0.15, -0.1) is 4.99 Å². The molecular weight excluding hydrogens is 761 g/mol. The van der Waals surface area contributed by atoms with Gasteiger partial charge in [0.15, 0.2) is 0 Å². The molecule has 0 atom stereocenters. The molecule has 0 rings (SSSR count). The zero-order valence-corrected chi connectivity index (χ0v) is 41.0. The van der Waals surface area contributed by atoms with Crippen LogP contribution in [0.3, 0.4) is 0 Å². The second kappa shape index (κ2) is 47.1. The van der Waals surface area contributed by atoms with Gasteiger partial charge in [-0.3, -0.25) is 9.59 Å². The van der Waals surface area contributed by atoms with Gasteiger partial charge in [-0.2, -0.15) is 5.26 Å². The van der Waals surface area contributed by atoms with Crippen LogP contribution in [0.4, 0.5) is 0 Å². The fourth-order valence-corrected chi connectivity index (χ4v) is 7.83. The van der Waals surface area contributed by atoms with Crippen molar-refractivity contribution in [3.05, 3.63) is 0 Å². The predicted molar refractivity (Wildman–Crippen MR) is 259 cm³/mol. The Bertz CT molecular complexity index is 1020. The Hall–Kier alpha value is -2.38. The zero-order valence-electron chi connectivity index (χ0n) is 41.0. The second-order valence-corrected chi connectivity index (χ2v) is 18.0. The van der Waals surface area contributed by atoms with Gasteiger partial charge in [-0.05, 0) is 97.9 Å². The van der Waals surface area contributed by atoms with Crippen LogP contribution in [0.5, 0.6) is 0 Å². The van der Waals surface area contributed by atoms with Crippen LogP contribution in [0.15, 0.2) is 4.99 Å². The number of hydrogen-bond donors (Lipinski definition) is 2. The molecule has 0 saturated carbocycles. The van der Waals surface area contributed by atoms with Crippen molar-refractivity contribution >= 4 is 17.9 Å². The molecule has 10 heteroatoms. The third-order valence-electron chi connectivity index (χ3n) is 11.7. The lowest BCUT2D eigenvalue weighted by Crippen LogP contribution is -2.41. The van der Waals surface area contributed by atoms with E-state index < -0.39 is 0 Å². The Labute approximate surface area is 377 Å². The van der Waals surface area contributed by atoms with Crippen molar-refractivity contribution in [1.29, 1.82) is 5.26 Å². The van der Waals surface area contributed by atoms with Crippen molar-refractivity contribution in [2.45, 2.75) is 245 Å². The average Bonchev–Trinajstić information content (AvgIpc) is 3.24. The topological polar surface area (TPSA) is 119 Å². The molecule has 2 N–H and O–H groups in total. The molecule has 0 amide bonds. The Morgan fingerprint density at radius 2 is 0.951 bits per heavy atom. The summed E-state index contributed by atoms with van der Waals surface area (Å²) in [7, 11) is 4.06. The van der Waals surface area contributed by atoms with Crippen molar-refractivity contribution in [1.82, 2.24) is 20.4 Å². The van der Waals surface area contributed by atoms with Crippen LogP contribution < -0.4 is 10.6 Å². The maximum atomic E-state index is 12.9. The van der Waals surface area contributed by atoms with E-state index in [1.54, 1.807) is 0 Å². The highest BCUT2D eigenvalue weighted by Gasteiger charge is 2.14. The number of nitrogens with one attached hydrogen (secondary N) is 2. The smallest absolute Gasteiger partial charge is 0.306 e. The predicted octanol–water partition coefficient (Wildman–Crippen LogP) is 12.6. The number of ether oxygens (including phenoxy) is 2. The summed E-state index contributed by atoms with van der Waals surface area (Å²) in [6, 6.07) is 0. The molecule has 0 fully saturated rings. The van der Waals surface area contributed by atoms with E-state index in [-0.39, 0.29) is 18.0 Å². The Morgan fingerprint density at radius 3 is 1.46 bits per heavy atom. The Kier molecular flexibility index (Phi) is 45.3. The lowest BCUT2D eigenvalue weighted by atomic mass is 10.0. The van der Waals surface area contributed by atoms with Gasteiger partial charge >= 0.3 is 11.9 Å². The first-order chi connectivity index (χ1) is 29.9. The van der Waals surface area contributed by atoms with Crippen molar-refractivity contribution in [2.75, 3.05) is 60.0 Å². The highest BCUT2D eigenvalue weighted by atomic mass is 16.5. The quantitative estimate of drug-likeness (QED) is 0.0203. The van der Waals surface area contributed by atoms with E-state index in [1.165, 1.54) is 122 Å². The van der Waals surface area contributed by atoms with Gasteiger partial charge in [0.1, 0.15) is 6.10 Å². The van der Waals surface area contributed by atoms with Crippen LogP contribution in [0.25, 0.3) is 0 Å². The molecule has 0 aromatic rings. The number of likely N-dealkylation sites (N-methyl/N-ethyl adjacent to an activating group) is 1. The summed E-state index contributed by atoms with van der Waals surface area (Å²) in [6.07, 6.45) is 41.0. The number of rotatable bonds is 46. The van der Waals surface area contributed by atoms with E-state index in [1.807, 2.05) is 20.3 Å². The molecule has 61 heavy (non-hydrogen) atoms. The largest absolute Gasteiger partial charge is 0.466 e. The number of esters is 2. The lowest BCUT2D eigenvalue weighted by Gasteiger charge is -2.23. The van der Waals surface area contributed by atoms with Gasteiger partial charge in [0, 0.05) is 32.5 Å². The maximum absolute atomic E-state index is 12.9. The summed E-state index contributed by atoms with van der Waals surface area (Å²) in [4.78, 5) is 33.7. The Balaban J connectivity index is 4.61. The molecule has 0 saturated heterocycles. The minimum absolute atomic E-state index is 0.0105. The normalized spacial score (nSPS) is 11.8. The number of nitrogens with zero attached hydrogens (tertiary/aromatic N) is 4. The summed E-state index contributed by atoms with van der Waals surface area (Å²) in [6.45, 7) is 12.8. The molecule has 0 aromatic heterocycles. The molecular formula is C51H100N6O4. The number of carbonyl (C=O) groups excluding carboxylic acids is 2. The number of aliphatic imine (C=N–C) groups is 1. The van der Waals surface area contributed by atoms with Crippen LogP contribution >= 0.6 is 0 Å². The van der Waals surface area contributed by atoms with Crippen LogP contribution in [0.2, 0.25) is 0 Å². The van der Waals surface area contributed by atoms with E-state index in [0.717, 1.165) is 123 Å². The molecule has 0 bridgehead atoms. The fourth-order valence-electron chi connectivity index (χ4n) is 7.83. The number of guanidine groups is 1. The molecule has 358 valence electrons. The molecule has 0 radical (unpaired) electrons. The van der Waals surface area contributed by atoms with E-state index in [9.17, 15) is 9.59 Å². The molecule has 0 aliphatic heterocycles. The molecule has 0 aliphatic rings. The maximum Gasteiger partial charge on any atom is 0.306 e. The van der Waals surface area contributed by atoms with Crippen molar-refractivity contribution in [3.63, 3.8) is 0 Å². The number of carbonyl (C=O) groups is 2. The number of nitriles is 1. The van der Waals surface area contributed by atoms with Gasteiger partial charge in [0.05, 0.1) is 6.61 Å². The van der Waals surface area contributed by atoms with Crippen LogP contribution in [-0.4, -0.2) is 93.8 Å². The number of unbranched alkanes of at least 4 members (excludes halogenated alkanes) is 24. The Morgan fingerprint density at radius 1 is 0.525 bits per heavy atom. The minimum Gasteiger partial charge on any atom is -0.466 e. The van der Waals surface area contributed by atoms with Crippen LogP contribution in [0, 0.1) is 11.5 Å². The highest BCUT2D eigenvalue weighted by molar-refractivity contribution is 5.80. The zero-order chi connectivity index (χ0) is 44.7. The average molecular weight is 861 g/mol. The standard InChI is InChI=1S/C51H100N6O4/c1-6-9-12-15-18-27-34-46-60-49(58)38-30-23-19-25-32-42-57(44-35-40-53-51(55-47-52)54-41-45-56(4)5)43-33-26-20-24-31-39-50(59)61-48(36-28-21-16-13-10-7-2)37-29-22-17-14-11-8-3/h48H,6-46H2,1-5H3,(H2,53,54,55). The molecule has 10 nitrogen and oxygen atoms in total. The first-order valence-corrected chi connectivity index (χ1v) is 26.0. The summed E-state index contributed by atoms with van der Waals surface area (Å²) in [5.74, 6) is 0.525. The second-order valence-electron chi connectivity index (χ2n) is 18.0. The summed E-state index contributed by atoms with van der Waals surface area (Å²) in [5, 5.41) is 15.7. The highest BCUT2D eigenvalue weighted by Crippen LogP contribution is 2.19. The molecule has 0 spiro atoms. The van der Waals surface area contributed by atoms with E-state index in [4.69, 9.17) is 14.7 Å². The van der Waals surface area contributed by atoms with Crippen molar-refractivity contribution < 1.29 is 19.1 Å². The SMILES string of the molecule is CCCCCCCCCOC(=O)CCCCCCCN(CCCCCCCC(=O)OC(CCCCCCCC)CCCCCCCC)CCCN/C(=N/C#N)NCCN(C)C. The first-order valence-electron chi connectivity index (χ1n) is 26.0. The van der Waals surface area contributed by atoms with Gasteiger partial charge in [-0.25, -0.2) is 0 Å². The summed E-state index contributed by atoms with van der Waals surface area (Å²) in [5.41, 5.74) is 0. The summed E-state index contributed by atoms with van der Waals surface area (Å²) < 4.78 is 11.6. The van der Waals surface area contributed by atoms with Gasteiger partial charge in [0.25, 0.3) is 0 Å². The van der Waals surface area contributed by atoms with E-state index in [0.29, 0.717) is 25.4 Å². The minimum atomic E-state index is -0.0344. The number of hydrogen-bond acceptors (Lipinski definition) is 8. The van der Waals surface area contributed by atoms with E-state index in [2.05, 4.69) is 46.2 Å². The molecule has 0 aliphatic carbocycles. The van der Waals surface area contributed by atoms with E-state index >= 15 is 0 Å². The van der Waals surface area contributed by atoms with Gasteiger partial charge in [-0.1, -0.05) is 162 Å². The van der Waals surface area contributed by atoms with Crippen LogP contribution in [-0.2, 0) is 19.1 Å². The van der Waals surface area contributed by atoms with Crippen molar-refractivity contribution in [2.24, 2.45) is 4.99 Å². The third-order valence-corrected chi connectivity index (χ3v) is 11.7. The van der Waals surface area contributed by atoms with Crippen LogP contribution in [0.1, 0.15) is 239 Å².